The molecule has 0 radical (unpaired) electrons. The van der Waals surface area contributed by atoms with E-state index in [-0.39, 0.29) is 0 Å². The molecule has 4 unspecified atom stereocenters. The van der Waals surface area contributed by atoms with Crippen molar-refractivity contribution in [3.05, 3.63) is 12.7 Å². The summed E-state index contributed by atoms with van der Waals surface area (Å²) in [5.74, 6) is 3.59. The Morgan fingerprint density at radius 2 is 1.92 bits per heavy atom. The number of hydrogen-bond donors (Lipinski definition) is 0. The second-order valence-electron chi connectivity index (χ2n) is 4.39. The van der Waals surface area contributed by atoms with Crippen molar-refractivity contribution in [1.29, 1.82) is 0 Å². The van der Waals surface area contributed by atoms with E-state index in [1.807, 2.05) is 0 Å². The Hall–Kier alpha value is -0.260. The van der Waals surface area contributed by atoms with Crippen molar-refractivity contribution in [3.8, 4) is 0 Å². The van der Waals surface area contributed by atoms with Crippen LogP contribution >= 0.6 is 0 Å². The predicted octanol–water partition coefficient (Wildman–Crippen LogP) is 3.88. The van der Waals surface area contributed by atoms with E-state index in [4.69, 9.17) is 0 Å². The molecule has 0 nitrogen and oxygen atoms in total. The van der Waals surface area contributed by atoms with Gasteiger partial charge in [-0.25, -0.2) is 0 Å². The molecule has 0 heterocycles. The molecule has 0 saturated heterocycles. The molecule has 1 aliphatic rings. The quantitative estimate of drug-likeness (QED) is 0.556. The Morgan fingerprint density at radius 1 is 1.33 bits per heavy atom. The lowest BCUT2D eigenvalue weighted by Crippen LogP contribution is -2.34. The van der Waals surface area contributed by atoms with E-state index in [0.29, 0.717) is 0 Å². The molecule has 1 fully saturated rings. The van der Waals surface area contributed by atoms with Crippen molar-refractivity contribution in [2.75, 3.05) is 0 Å². The Bertz CT molecular complexity index is 148. The van der Waals surface area contributed by atoms with Crippen molar-refractivity contribution in [3.63, 3.8) is 0 Å². The zero-order valence-corrected chi connectivity index (χ0v) is 8.72. The van der Waals surface area contributed by atoms with Gasteiger partial charge in [0.05, 0.1) is 0 Å². The zero-order chi connectivity index (χ0) is 9.14. The first kappa shape index (κ1) is 9.83. The Balaban J connectivity index is 2.42. The Kier molecular flexibility index (Phi) is 3.37. The van der Waals surface area contributed by atoms with Gasteiger partial charge in [-0.15, -0.1) is 6.58 Å². The van der Waals surface area contributed by atoms with Gasteiger partial charge < -0.3 is 0 Å². The van der Waals surface area contributed by atoms with E-state index >= 15 is 0 Å². The lowest BCUT2D eigenvalue weighted by atomic mass is 9.62. The highest BCUT2D eigenvalue weighted by molar-refractivity contribution is 4.92. The van der Waals surface area contributed by atoms with Gasteiger partial charge >= 0.3 is 0 Å². The topological polar surface area (TPSA) is 0 Å². The van der Waals surface area contributed by atoms with Crippen LogP contribution in [0, 0.1) is 23.7 Å². The van der Waals surface area contributed by atoms with Crippen LogP contribution in [0.15, 0.2) is 12.7 Å². The summed E-state index contributed by atoms with van der Waals surface area (Å²) in [5.41, 5.74) is 0. The summed E-state index contributed by atoms with van der Waals surface area (Å²) in [6.45, 7) is 10.9. The van der Waals surface area contributed by atoms with Gasteiger partial charge in [-0.2, -0.15) is 0 Å². The van der Waals surface area contributed by atoms with Crippen LogP contribution in [-0.2, 0) is 0 Å². The van der Waals surface area contributed by atoms with Gasteiger partial charge in [-0.3, -0.25) is 0 Å². The molecule has 0 bridgehead atoms. The highest BCUT2D eigenvalue weighted by Gasteiger charge is 2.36. The molecule has 0 spiro atoms. The van der Waals surface area contributed by atoms with E-state index in [9.17, 15) is 0 Å². The first-order valence-electron chi connectivity index (χ1n) is 5.33. The fourth-order valence-electron chi connectivity index (χ4n) is 2.39. The minimum atomic E-state index is 0.734. The SMILES string of the molecule is C=CC(C)C1CCC1C(C)CC. The molecular weight excluding hydrogens is 144 g/mol. The van der Waals surface area contributed by atoms with Crippen molar-refractivity contribution < 1.29 is 0 Å². The molecule has 12 heavy (non-hydrogen) atoms. The molecule has 0 aromatic rings. The summed E-state index contributed by atoms with van der Waals surface area (Å²) in [6, 6.07) is 0. The maximum atomic E-state index is 3.88. The summed E-state index contributed by atoms with van der Waals surface area (Å²) in [7, 11) is 0. The Labute approximate surface area is 77.1 Å². The smallest absolute Gasteiger partial charge is 0.0234 e. The standard InChI is InChI=1S/C12H22/c1-5-9(3)11-7-8-12(11)10(4)6-2/h5,9-12H,1,6-8H2,2-4H3. The van der Waals surface area contributed by atoms with Gasteiger partial charge in [0, 0.05) is 0 Å². The fourth-order valence-corrected chi connectivity index (χ4v) is 2.39. The Morgan fingerprint density at radius 3 is 2.25 bits per heavy atom. The normalized spacial score (nSPS) is 33.6. The van der Waals surface area contributed by atoms with E-state index in [2.05, 4.69) is 33.4 Å². The van der Waals surface area contributed by atoms with Crippen LogP contribution in [0.4, 0.5) is 0 Å². The van der Waals surface area contributed by atoms with E-state index in [1.165, 1.54) is 19.3 Å². The summed E-state index contributed by atoms with van der Waals surface area (Å²) >= 11 is 0. The summed E-state index contributed by atoms with van der Waals surface area (Å²) in [4.78, 5) is 0. The van der Waals surface area contributed by atoms with Gasteiger partial charge in [-0.1, -0.05) is 33.3 Å². The summed E-state index contributed by atoms with van der Waals surface area (Å²) in [6.07, 6.45) is 6.35. The lowest BCUT2D eigenvalue weighted by molar-refractivity contribution is 0.0801. The molecule has 0 aliphatic heterocycles. The van der Waals surface area contributed by atoms with Crippen LogP contribution < -0.4 is 0 Å². The average molecular weight is 166 g/mol. The summed E-state index contributed by atoms with van der Waals surface area (Å²) in [5, 5.41) is 0. The van der Waals surface area contributed by atoms with E-state index < -0.39 is 0 Å². The van der Waals surface area contributed by atoms with Crippen LogP contribution in [0.25, 0.3) is 0 Å². The van der Waals surface area contributed by atoms with Crippen molar-refractivity contribution in [1.82, 2.24) is 0 Å². The second kappa shape index (κ2) is 4.11. The second-order valence-corrected chi connectivity index (χ2v) is 4.39. The van der Waals surface area contributed by atoms with Crippen molar-refractivity contribution >= 4 is 0 Å². The van der Waals surface area contributed by atoms with Crippen LogP contribution in [0.1, 0.15) is 40.0 Å². The summed E-state index contributed by atoms with van der Waals surface area (Å²) < 4.78 is 0. The third-order valence-electron chi connectivity index (χ3n) is 3.81. The predicted molar refractivity (Wildman–Crippen MR) is 55.0 cm³/mol. The minimum Gasteiger partial charge on any atom is -0.103 e. The highest BCUT2D eigenvalue weighted by Crippen LogP contribution is 2.45. The number of allylic oxidation sites excluding steroid dienone is 1. The van der Waals surface area contributed by atoms with Crippen LogP contribution in [0.3, 0.4) is 0 Å². The van der Waals surface area contributed by atoms with Crippen LogP contribution in [0.5, 0.6) is 0 Å². The van der Waals surface area contributed by atoms with Gasteiger partial charge in [0.1, 0.15) is 0 Å². The van der Waals surface area contributed by atoms with Gasteiger partial charge in [0.25, 0.3) is 0 Å². The molecule has 1 rings (SSSR count). The largest absolute Gasteiger partial charge is 0.103 e. The first-order valence-corrected chi connectivity index (χ1v) is 5.33. The molecular formula is C12H22. The zero-order valence-electron chi connectivity index (χ0n) is 8.72. The molecule has 0 N–H and O–H groups in total. The van der Waals surface area contributed by atoms with Gasteiger partial charge in [0.2, 0.25) is 0 Å². The first-order chi connectivity index (χ1) is 5.70. The number of rotatable bonds is 4. The minimum absolute atomic E-state index is 0.734. The maximum absolute atomic E-state index is 3.88. The number of hydrogen-bond acceptors (Lipinski definition) is 0. The third kappa shape index (κ3) is 1.73. The van der Waals surface area contributed by atoms with Gasteiger partial charge in [0.15, 0.2) is 0 Å². The van der Waals surface area contributed by atoms with Crippen LogP contribution in [-0.4, -0.2) is 0 Å². The molecule has 70 valence electrons. The fraction of sp³-hybridized carbons (Fsp3) is 0.833. The maximum Gasteiger partial charge on any atom is -0.0234 e. The van der Waals surface area contributed by atoms with Gasteiger partial charge in [-0.05, 0) is 36.5 Å². The molecule has 0 aromatic carbocycles. The monoisotopic (exact) mass is 166 g/mol. The third-order valence-corrected chi connectivity index (χ3v) is 3.81. The lowest BCUT2D eigenvalue weighted by Gasteiger charge is -2.43. The molecule has 1 aliphatic carbocycles. The molecule has 4 atom stereocenters. The molecule has 1 saturated carbocycles. The highest BCUT2D eigenvalue weighted by atomic mass is 14.4. The average Bonchev–Trinajstić information content (AvgIpc) is 2.02. The van der Waals surface area contributed by atoms with E-state index in [0.717, 1.165) is 23.7 Å². The molecule has 0 aromatic heterocycles. The van der Waals surface area contributed by atoms with Crippen LogP contribution in [0.2, 0.25) is 0 Å². The molecule has 0 amide bonds. The van der Waals surface area contributed by atoms with Crippen molar-refractivity contribution in [2.45, 2.75) is 40.0 Å². The van der Waals surface area contributed by atoms with Crippen molar-refractivity contribution in [2.24, 2.45) is 23.7 Å². The van der Waals surface area contributed by atoms with E-state index in [1.54, 1.807) is 0 Å². The molecule has 0 heteroatoms.